The maximum Gasteiger partial charge on any atom is 0.291 e. The molecule has 8 nitrogen and oxygen atoms in total. The van der Waals surface area contributed by atoms with Gasteiger partial charge in [0.15, 0.2) is 22.5 Å². The van der Waals surface area contributed by atoms with E-state index in [0.717, 1.165) is 5.56 Å². The minimum Gasteiger partial charge on any atom is -0.454 e. The van der Waals surface area contributed by atoms with Crippen LogP contribution in [-0.2, 0) is 23.4 Å². The highest BCUT2D eigenvalue weighted by molar-refractivity contribution is 6.31. The van der Waals surface area contributed by atoms with Crippen LogP contribution in [0.1, 0.15) is 32.8 Å². The molecule has 1 atom stereocenters. The van der Waals surface area contributed by atoms with Gasteiger partial charge in [0.2, 0.25) is 12.6 Å². The topological polar surface area (TPSA) is 89.3 Å². The molecule has 0 saturated carbocycles. The predicted octanol–water partition coefficient (Wildman–Crippen LogP) is 6.27. The van der Waals surface area contributed by atoms with Crippen LogP contribution in [0.25, 0.3) is 11.0 Å². The smallest absolute Gasteiger partial charge is 0.291 e. The molecule has 0 N–H and O–H groups in total. The second kappa shape index (κ2) is 9.36. The molecular weight excluding hydrogens is 591 g/mol. The zero-order valence-electron chi connectivity index (χ0n) is 22.3. The fourth-order valence-corrected chi connectivity index (χ4v) is 6.63. The number of halogens is 2. The van der Waals surface area contributed by atoms with Gasteiger partial charge in [-0.1, -0.05) is 59.6 Å². The summed E-state index contributed by atoms with van der Waals surface area (Å²) in [5, 5.41) is 1.09. The Balaban J connectivity index is 1.38. The van der Waals surface area contributed by atoms with E-state index in [0.29, 0.717) is 38.4 Å². The number of rotatable bonds is 4. The van der Waals surface area contributed by atoms with E-state index in [1.807, 2.05) is 24.3 Å². The summed E-state index contributed by atoms with van der Waals surface area (Å²) in [6, 6.07) is 24.4. The molecule has 0 bridgehead atoms. The molecule has 1 aromatic heterocycles. The lowest BCUT2D eigenvalue weighted by Crippen LogP contribution is -2.52. The Bertz CT molecular complexity index is 2080. The van der Waals surface area contributed by atoms with Crippen LogP contribution in [0.15, 0.2) is 94.1 Å². The molecule has 0 fully saturated rings. The molecular formula is C33H20Cl2N2O6. The second-order valence-electron chi connectivity index (χ2n) is 10.6. The van der Waals surface area contributed by atoms with Gasteiger partial charge in [0.1, 0.15) is 5.58 Å². The van der Waals surface area contributed by atoms with Gasteiger partial charge in [-0.2, -0.15) is 0 Å². The van der Waals surface area contributed by atoms with E-state index in [2.05, 4.69) is 0 Å². The first-order chi connectivity index (χ1) is 20.9. The summed E-state index contributed by atoms with van der Waals surface area (Å²) in [4.78, 5) is 46.7. The normalized spacial score (nSPS) is 18.2. The van der Waals surface area contributed by atoms with Gasteiger partial charge in [-0.15, -0.1) is 0 Å². The number of amides is 2. The molecule has 10 heteroatoms. The fourth-order valence-electron chi connectivity index (χ4n) is 6.34. The van der Waals surface area contributed by atoms with Crippen molar-refractivity contribution in [1.29, 1.82) is 0 Å². The number of benzene rings is 4. The zero-order valence-corrected chi connectivity index (χ0v) is 23.8. The van der Waals surface area contributed by atoms with Crippen LogP contribution < -0.4 is 19.8 Å². The Labute approximate surface area is 254 Å². The number of nitrogens with zero attached hydrogens (tertiary/aromatic N) is 2. The number of fused-ring (bicyclic) bond motifs is 6. The highest BCUT2D eigenvalue weighted by Crippen LogP contribution is 2.53. The van der Waals surface area contributed by atoms with Gasteiger partial charge < -0.3 is 23.7 Å². The van der Waals surface area contributed by atoms with Gasteiger partial charge in [-0.3, -0.25) is 14.4 Å². The van der Waals surface area contributed by atoms with Crippen LogP contribution in [0.3, 0.4) is 0 Å². The first-order valence-corrected chi connectivity index (χ1v) is 14.2. The fraction of sp³-hybridized carbons (Fsp3) is 0.121. The highest BCUT2D eigenvalue weighted by Gasteiger charge is 2.65. The molecule has 0 saturated heterocycles. The number of hydrogen-bond donors (Lipinski definition) is 0. The summed E-state index contributed by atoms with van der Waals surface area (Å²) < 4.78 is 17.2. The van der Waals surface area contributed by atoms with Gasteiger partial charge in [-0.05, 0) is 59.7 Å². The van der Waals surface area contributed by atoms with Gasteiger partial charge >= 0.3 is 0 Å². The quantitative estimate of drug-likeness (QED) is 0.238. The van der Waals surface area contributed by atoms with Gasteiger partial charge in [-0.25, -0.2) is 0 Å². The molecule has 8 rings (SSSR count). The van der Waals surface area contributed by atoms with Crippen LogP contribution in [0.2, 0.25) is 10.0 Å². The summed E-state index contributed by atoms with van der Waals surface area (Å²) in [6.45, 7) is 0.280. The number of para-hydroxylation sites is 1. The van der Waals surface area contributed by atoms with Crippen molar-refractivity contribution in [1.82, 2.24) is 4.90 Å². The van der Waals surface area contributed by atoms with Crippen molar-refractivity contribution in [3.05, 3.63) is 133 Å². The molecule has 1 spiro atoms. The van der Waals surface area contributed by atoms with E-state index in [1.165, 1.54) is 11.0 Å². The Morgan fingerprint density at radius 1 is 0.767 bits per heavy atom. The maximum atomic E-state index is 15.0. The van der Waals surface area contributed by atoms with Crippen molar-refractivity contribution in [3.8, 4) is 11.5 Å². The van der Waals surface area contributed by atoms with E-state index in [-0.39, 0.29) is 42.2 Å². The van der Waals surface area contributed by atoms with Crippen LogP contribution in [0.4, 0.5) is 5.69 Å². The molecule has 3 aliphatic heterocycles. The van der Waals surface area contributed by atoms with Crippen molar-refractivity contribution in [3.63, 3.8) is 0 Å². The van der Waals surface area contributed by atoms with Crippen molar-refractivity contribution >= 4 is 51.7 Å². The van der Waals surface area contributed by atoms with Crippen molar-refractivity contribution < 1.29 is 23.5 Å². The van der Waals surface area contributed by atoms with E-state index < -0.39 is 22.8 Å². The highest BCUT2D eigenvalue weighted by atomic mass is 35.5. The number of anilines is 1. The van der Waals surface area contributed by atoms with Crippen LogP contribution in [0, 0.1) is 0 Å². The van der Waals surface area contributed by atoms with Crippen LogP contribution in [-0.4, -0.2) is 23.5 Å². The molecule has 0 radical (unpaired) electrons. The molecule has 212 valence electrons. The van der Waals surface area contributed by atoms with E-state index >= 15 is 0 Å². The third-order valence-corrected chi connectivity index (χ3v) is 8.72. The summed E-state index contributed by atoms with van der Waals surface area (Å²) in [5.41, 5.74) is 0.516. The second-order valence-corrected chi connectivity index (χ2v) is 11.5. The number of ether oxygens (including phenoxy) is 2. The van der Waals surface area contributed by atoms with E-state index in [4.69, 9.17) is 37.1 Å². The minimum atomic E-state index is -1.79. The molecule has 4 aromatic carbocycles. The third kappa shape index (κ3) is 3.66. The molecule has 3 aliphatic rings. The summed E-state index contributed by atoms with van der Waals surface area (Å²) in [5.74, 6) is -0.0564. The zero-order chi connectivity index (χ0) is 29.5. The molecule has 5 aromatic rings. The summed E-state index contributed by atoms with van der Waals surface area (Å²) in [6.07, 6.45) is 0. The first-order valence-electron chi connectivity index (χ1n) is 13.5. The monoisotopic (exact) mass is 610 g/mol. The lowest BCUT2D eigenvalue weighted by atomic mass is 9.83. The summed E-state index contributed by atoms with van der Waals surface area (Å²) >= 11 is 12.4. The predicted molar refractivity (Wildman–Crippen MR) is 160 cm³/mol. The minimum absolute atomic E-state index is 0.00886. The third-order valence-electron chi connectivity index (χ3n) is 8.23. The molecule has 0 aliphatic carbocycles. The largest absolute Gasteiger partial charge is 0.454 e. The number of carbonyl (C=O) groups excluding carboxylic acids is 2. The average Bonchev–Trinajstić information content (AvgIpc) is 3.65. The molecule has 2 amide bonds. The SMILES string of the molecule is O=C1c2oc3ccc(Cl)cc3c(=O)c2C2(C(=O)N(Cc3ccc(Cl)cc3)c3ccccc32)N1Cc1ccc2c(c1)OCO2. The maximum absolute atomic E-state index is 15.0. The van der Waals surface area contributed by atoms with Crippen molar-refractivity contribution in [2.75, 3.05) is 11.7 Å². The molecule has 4 heterocycles. The van der Waals surface area contributed by atoms with Crippen molar-refractivity contribution in [2.45, 2.75) is 18.6 Å². The molecule has 1 unspecified atom stereocenters. The standard InChI is InChI=1S/C33H20Cl2N2O6/c34-20-8-5-18(6-9-20)15-36-24-4-2-1-3-23(24)33(32(36)40)28-29(38)22-14-21(35)10-12-25(22)43-30(28)31(39)37(33)16-19-7-11-26-27(13-19)42-17-41-26/h1-14H,15-17H2. The van der Waals surface area contributed by atoms with E-state index in [1.54, 1.807) is 59.5 Å². The average molecular weight is 611 g/mol. The van der Waals surface area contributed by atoms with Crippen molar-refractivity contribution in [2.24, 2.45) is 0 Å². The van der Waals surface area contributed by atoms with Crippen LogP contribution >= 0.6 is 23.2 Å². The Kier molecular flexibility index (Phi) is 5.63. The lowest BCUT2D eigenvalue weighted by molar-refractivity contribution is -0.126. The molecule has 43 heavy (non-hydrogen) atoms. The van der Waals surface area contributed by atoms with Gasteiger partial charge in [0, 0.05) is 22.2 Å². The van der Waals surface area contributed by atoms with Gasteiger partial charge in [0.05, 0.1) is 23.2 Å². The van der Waals surface area contributed by atoms with E-state index in [9.17, 15) is 14.4 Å². The lowest BCUT2D eigenvalue weighted by Gasteiger charge is -2.34. The Morgan fingerprint density at radius 3 is 2.35 bits per heavy atom. The van der Waals surface area contributed by atoms with Gasteiger partial charge in [0.25, 0.3) is 11.8 Å². The Hall–Kier alpha value is -4.79. The summed E-state index contributed by atoms with van der Waals surface area (Å²) in [7, 11) is 0. The first kappa shape index (κ1) is 25.9. The Morgan fingerprint density at radius 2 is 1.51 bits per heavy atom. The number of carbonyl (C=O) groups is 2. The van der Waals surface area contributed by atoms with Crippen LogP contribution in [0.5, 0.6) is 11.5 Å². The number of hydrogen-bond acceptors (Lipinski definition) is 6.